The van der Waals surface area contributed by atoms with Gasteiger partial charge in [-0.15, -0.1) is 0 Å². The number of benzene rings is 3. The van der Waals surface area contributed by atoms with Gasteiger partial charge in [0.25, 0.3) is 5.91 Å². The zero-order valence-electron chi connectivity index (χ0n) is 14.7. The summed E-state index contributed by atoms with van der Waals surface area (Å²) in [6.45, 7) is 1.80. The lowest BCUT2D eigenvalue weighted by Crippen LogP contribution is -2.42. The lowest BCUT2D eigenvalue weighted by atomic mass is 10.1. The highest BCUT2D eigenvalue weighted by Crippen LogP contribution is 2.35. The molecule has 0 spiro atoms. The molecule has 6 nitrogen and oxygen atoms in total. The van der Waals surface area contributed by atoms with Crippen LogP contribution in [0.3, 0.4) is 0 Å². The van der Waals surface area contributed by atoms with Crippen molar-refractivity contribution in [3.63, 3.8) is 0 Å². The SMILES string of the molecule is C/C(=N\NC(=O)C1COc2cc3ccccc3cc2O1)c1ccccc1O. The van der Waals surface area contributed by atoms with Crippen molar-refractivity contribution in [2.45, 2.75) is 13.0 Å². The Hall–Kier alpha value is -3.54. The lowest BCUT2D eigenvalue weighted by molar-refractivity contribution is -0.130. The van der Waals surface area contributed by atoms with Gasteiger partial charge in [0.2, 0.25) is 6.10 Å². The van der Waals surface area contributed by atoms with E-state index in [1.807, 2.05) is 36.4 Å². The van der Waals surface area contributed by atoms with E-state index in [1.165, 1.54) is 0 Å². The molecular weight excluding hydrogens is 344 g/mol. The van der Waals surface area contributed by atoms with Crippen molar-refractivity contribution < 1.29 is 19.4 Å². The molecule has 3 aromatic carbocycles. The molecule has 0 saturated carbocycles. The van der Waals surface area contributed by atoms with Crippen LogP contribution in [0.25, 0.3) is 10.8 Å². The van der Waals surface area contributed by atoms with Gasteiger partial charge in [0, 0.05) is 5.56 Å². The minimum Gasteiger partial charge on any atom is -0.507 e. The molecule has 0 bridgehead atoms. The van der Waals surface area contributed by atoms with Crippen LogP contribution in [0.2, 0.25) is 0 Å². The normalized spacial score (nSPS) is 16.2. The maximum Gasteiger partial charge on any atom is 0.284 e. The van der Waals surface area contributed by atoms with Crippen LogP contribution in [0.15, 0.2) is 65.8 Å². The van der Waals surface area contributed by atoms with E-state index in [2.05, 4.69) is 10.5 Å². The van der Waals surface area contributed by atoms with Crippen molar-refractivity contribution >= 4 is 22.4 Å². The first-order valence-corrected chi connectivity index (χ1v) is 8.56. The number of phenolic OH excluding ortho intramolecular Hbond substituents is 1. The van der Waals surface area contributed by atoms with E-state index in [0.717, 1.165) is 10.8 Å². The number of nitrogens with zero attached hydrogens (tertiary/aromatic N) is 1. The van der Waals surface area contributed by atoms with Crippen molar-refractivity contribution in [3.8, 4) is 17.2 Å². The Balaban J connectivity index is 1.48. The Kier molecular flexibility index (Phi) is 4.38. The summed E-state index contributed by atoms with van der Waals surface area (Å²) in [5, 5.41) is 16.0. The Bertz CT molecular complexity index is 1050. The van der Waals surface area contributed by atoms with Gasteiger partial charge in [-0.3, -0.25) is 4.79 Å². The molecule has 0 fully saturated rings. The third-order valence-electron chi connectivity index (χ3n) is 4.39. The number of rotatable bonds is 3. The van der Waals surface area contributed by atoms with Gasteiger partial charge in [-0.2, -0.15) is 5.10 Å². The summed E-state index contributed by atoms with van der Waals surface area (Å²) in [6, 6.07) is 18.4. The predicted molar refractivity (Wildman–Crippen MR) is 102 cm³/mol. The van der Waals surface area contributed by atoms with Gasteiger partial charge >= 0.3 is 0 Å². The number of hydrazone groups is 1. The highest BCUT2D eigenvalue weighted by atomic mass is 16.6. The number of aromatic hydroxyl groups is 1. The first-order valence-electron chi connectivity index (χ1n) is 8.56. The first-order chi connectivity index (χ1) is 13.1. The number of fused-ring (bicyclic) bond motifs is 2. The summed E-state index contributed by atoms with van der Waals surface area (Å²) in [6.07, 6.45) is -0.806. The highest BCUT2D eigenvalue weighted by molar-refractivity contribution is 6.01. The van der Waals surface area contributed by atoms with Crippen LogP contribution in [-0.2, 0) is 4.79 Å². The Morgan fingerprint density at radius 1 is 1.07 bits per heavy atom. The number of nitrogens with one attached hydrogen (secondary N) is 1. The van der Waals surface area contributed by atoms with E-state index in [-0.39, 0.29) is 12.4 Å². The van der Waals surface area contributed by atoms with Crippen molar-refractivity contribution in [1.82, 2.24) is 5.43 Å². The summed E-state index contributed by atoms with van der Waals surface area (Å²) in [5.41, 5.74) is 3.52. The number of hydrogen-bond donors (Lipinski definition) is 2. The molecule has 0 saturated heterocycles. The molecule has 0 aromatic heterocycles. The van der Waals surface area contributed by atoms with Gasteiger partial charge in [0.05, 0.1) is 5.71 Å². The molecule has 1 atom stereocenters. The largest absolute Gasteiger partial charge is 0.507 e. The van der Waals surface area contributed by atoms with Crippen LogP contribution in [0.4, 0.5) is 0 Å². The van der Waals surface area contributed by atoms with E-state index >= 15 is 0 Å². The van der Waals surface area contributed by atoms with Crippen LogP contribution in [0, 0.1) is 0 Å². The molecule has 1 heterocycles. The minimum absolute atomic E-state index is 0.0995. The number of para-hydroxylation sites is 1. The number of phenols is 1. The molecule has 27 heavy (non-hydrogen) atoms. The van der Waals surface area contributed by atoms with Crippen LogP contribution < -0.4 is 14.9 Å². The Morgan fingerprint density at radius 2 is 1.74 bits per heavy atom. The number of hydrogen-bond acceptors (Lipinski definition) is 5. The fourth-order valence-electron chi connectivity index (χ4n) is 2.94. The zero-order valence-corrected chi connectivity index (χ0v) is 14.7. The summed E-state index contributed by atoms with van der Waals surface area (Å²) in [7, 11) is 0. The number of carbonyl (C=O) groups excluding carboxylic acids is 1. The van der Waals surface area contributed by atoms with E-state index in [1.54, 1.807) is 31.2 Å². The lowest BCUT2D eigenvalue weighted by Gasteiger charge is -2.25. The average Bonchev–Trinajstić information content (AvgIpc) is 2.70. The van der Waals surface area contributed by atoms with Crippen LogP contribution >= 0.6 is 0 Å². The van der Waals surface area contributed by atoms with Crippen molar-refractivity contribution in [2.24, 2.45) is 5.10 Å². The fraction of sp³-hybridized carbons (Fsp3) is 0.143. The molecule has 0 aliphatic carbocycles. The molecular formula is C21H18N2O4. The van der Waals surface area contributed by atoms with Gasteiger partial charge < -0.3 is 14.6 Å². The van der Waals surface area contributed by atoms with Gasteiger partial charge in [0.1, 0.15) is 12.4 Å². The minimum atomic E-state index is -0.806. The smallest absolute Gasteiger partial charge is 0.284 e. The van der Waals surface area contributed by atoms with Crippen LogP contribution in [0.5, 0.6) is 17.2 Å². The molecule has 0 radical (unpaired) electrons. The van der Waals surface area contributed by atoms with E-state index in [4.69, 9.17) is 9.47 Å². The quantitative estimate of drug-likeness (QED) is 0.554. The maximum absolute atomic E-state index is 12.4. The van der Waals surface area contributed by atoms with Crippen LogP contribution in [-0.4, -0.2) is 29.4 Å². The predicted octanol–water partition coefficient (Wildman–Crippen LogP) is 3.23. The highest BCUT2D eigenvalue weighted by Gasteiger charge is 2.27. The average molecular weight is 362 g/mol. The van der Waals surface area contributed by atoms with Gasteiger partial charge in [-0.05, 0) is 42.0 Å². The maximum atomic E-state index is 12.4. The van der Waals surface area contributed by atoms with Crippen molar-refractivity contribution in [3.05, 3.63) is 66.2 Å². The van der Waals surface area contributed by atoms with E-state index in [9.17, 15) is 9.90 Å². The van der Waals surface area contributed by atoms with Gasteiger partial charge in [0.15, 0.2) is 11.5 Å². The number of carbonyl (C=O) groups is 1. The molecule has 1 unspecified atom stereocenters. The molecule has 136 valence electrons. The summed E-state index contributed by atoms with van der Waals surface area (Å²) in [5.74, 6) is 0.836. The molecule has 1 aliphatic heterocycles. The number of ether oxygens (including phenoxy) is 2. The second-order valence-corrected chi connectivity index (χ2v) is 6.25. The summed E-state index contributed by atoms with van der Waals surface area (Å²) >= 11 is 0. The van der Waals surface area contributed by atoms with Crippen molar-refractivity contribution in [2.75, 3.05) is 6.61 Å². The summed E-state index contributed by atoms with van der Waals surface area (Å²) in [4.78, 5) is 12.4. The van der Waals surface area contributed by atoms with Crippen LogP contribution in [0.1, 0.15) is 12.5 Å². The van der Waals surface area contributed by atoms with Crippen molar-refractivity contribution in [1.29, 1.82) is 0 Å². The zero-order chi connectivity index (χ0) is 18.8. The van der Waals surface area contributed by atoms with E-state index < -0.39 is 12.0 Å². The molecule has 3 aromatic rings. The first kappa shape index (κ1) is 16.9. The van der Waals surface area contributed by atoms with Gasteiger partial charge in [-0.1, -0.05) is 36.4 Å². The Labute approximate surface area is 156 Å². The molecule has 1 amide bonds. The number of amides is 1. The standard InChI is InChI=1S/C21H18N2O4/c1-13(16-8-4-5-9-17(16)24)22-23-21(25)20-12-26-18-10-14-6-2-3-7-15(14)11-19(18)27-20/h2-11,20,24H,12H2,1H3,(H,23,25)/b22-13+. The van der Waals surface area contributed by atoms with Gasteiger partial charge in [-0.25, -0.2) is 5.43 Å². The van der Waals surface area contributed by atoms with E-state index in [0.29, 0.717) is 22.8 Å². The second-order valence-electron chi connectivity index (χ2n) is 6.25. The monoisotopic (exact) mass is 362 g/mol. The topological polar surface area (TPSA) is 80.2 Å². The summed E-state index contributed by atoms with van der Waals surface area (Å²) < 4.78 is 11.5. The Morgan fingerprint density at radius 3 is 2.48 bits per heavy atom. The second kappa shape index (κ2) is 6.99. The third-order valence-corrected chi connectivity index (χ3v) is 4.39. The molecule has 1 aliphatic rings. The molecule has 6 heteroatoms. The molecule has 2 N–H and O–H groups in total. The fourth-order valence-corrected chi connectivity index (χ4v) is 2.94. The molecule has 4 rings (SSSR count). The third kappa shape index (κ3) is 3.42.